The molecule has 0 radical (unpaired) electrons. The highest BCUT2D eigenvalue weighted by Gasteiger charge is 2.07. The first-order chi connectivity index (χ1) is 8.72. The van der Waals surface area contributed by atoms with Crippen LogP contribution in [0.3, 0.4) is 0 Å². The van der Waals surface area contributed by atoms with Crippen LogP contribution < -0.4 is 11.1 Å². The van der Waals surface area contributed by atoms with E-state index >= 15 is 0 Å². The van der Waals surface area contributed by atoms with Gasteiger partial charge in [-0.25, -0.2) is 9.97 Å². The zero-order valence-electron chi connectivity index (χ0n) is 9.66. The summed E-state index contributed by atoms with van der Waals surface area (Å²) >= 11 is 0. The number of hydrogen-bond acceptors (Lipinski definition) is 7. The van der Waals surface area contributed by atoms with Gasteiger partial charge in [-0.05, 0) is 0 Å². The number of fused-ring (bicyclic) bond motifs is 1. The number of nitrogens with one attached hydrogen (secondary N) is 1. The van der Waals surface area contributed by atoms with Crippen LogP contribution in [-0.2, 0) is 6.54 Å². The normalized spacial score (nSPS) is 10.9. The molecule has 0 amide bonds. The summed E-state index contributed by atoms with van der Waals surface area (Å²) < 4.78 is 6.68. The van der Waals surface area contributed by atoms with Gasteiger partial charge in [0.15, 0.2) is 17.3 Å². The Labute approximate surface area is 102 Å². The largest absolute Gasteiger partial charge is 0.382 e. The van der Waals surface area contributed by atoms with E-state index in [0.717, 1.165) is 0 Å². The number of rotatable bonds is 3. The zero-order chi connectivity index (χ0) is 12.5. The van der Waals surface area contributed by atoms with Crippen molar-refractivity contribution >= 4 is 17.3 Å². The van der Waals surface area contributed by atoms with Gasteiger partial charge >= 0.3 is 0 Å². The van der Waals surface area contributed by atoms with Crippen LogP contribution in [0, 0.1) is 6.92 Å². The lowest BCUT2D eigenvalue weighted by molar-refractivity contribution is 0.388. The molecule has 8 nitrogen and oxygen atoms in total. The number of nitrogen functional groups attached to an aromatic ring is 1. The molecule has 0 bridgehead atoms. The second kappa shape index (κ2) is 3.99. The van der Waals surface area contributed by atoms with Crippen molar-refractivity contribution < 1.29 is 4.52 Å². The lowest BCUT2D eigenvalue weighted by Gasteiger charge is -2.05. The maximum atomic E-state index is 5.71. The molecule has 0 aliphatic heterocycles. The number of nitrogens with zero attached hydrogens (tertiary/aromatic N) is 5. The van der Waals surface area contributed by atoms with Crippen LogP contribution in [-0.4, -0.2) is 24.5 Å². The topological polar surface area (TPSA) is 107 Å². The maximum Gasteiger partial charge on any atom is 0.223 e. The van der Waals surface area contributed by atoms with Gasteiger partial charge in [0.05, 0.1) is 12.7 Å². The molecule has 18 heavy (non-hydrogen) atoms. The van der Waals surface area contributed by atoms with Crippen molar-refractivity contribution in [1.29, 1.82) is 0 Å². The smallest absolute Gasteiger partial charge is 0.223 e. The van der Waals surface area contributed by atoms with Crippen LogP contribution in [0.25, 0.3) is 5.65 Å². The molecule has 0 saturated carbocycles. The third-order valence-corrected chi connectivity index (χ3v) is 2.38. The molecular formula is C10H11N7O. The molecule has 92 valence electrons. The first kappa shape index (κ1) is 10.5. The molecule has 0 spiro atoms. The summed E-state index contributed by atoms with van der Waals surface area (Å²) in [6.07, 6.45) is 5.18. The van der Waals surface area contributed by atoms with E-state index in [4.69, 9.17) is 10.3 Å². The summed E-state index contributed by atoms with van der Waals surface area (Å²) in [5.41, 5.74) is 6.41. The summed E-state index contributed by atoms with van der Waals surface area (Å²) in [5.74, 6) is 2.08. The molecule has 3 rings (SSSR count). The highest BCUT2D eigenvalue weighted by molar-refractivity contribution is 5.64. The van der Waals surface area contributed by atoms with Crippen molar-refractivity contribution in [3.8, 4) is 0 Å². The van der Waals surface area contributed by atoms with Crippen molar-refractivity contribution in [3.05, 3.63) is 30.3 Å². The van der Waals surface area contributed by atoms with Crippen LogP contribution in [0.5, 0.6) is 0 Å². The Bertz CT molecular complexity index is 686. The van der Waals surface area contributed by atoms with Crippen LogP contribution in [0.4, 0.5) is 11.6 Å². The molecule has 0 atom stereocenters. The van der Waals surface area contributed by atoms with Crippen LogP contribution in [0.1, 0.15) is 11.7 Å². The third-order valence-electron chi connectivity index (χ3n) is 2.38. The van der Waals surface area contributed by atoms with E-state index in [1.165, 1.54) is 0 Å². The number of imidazole rings is 1. The average Bonchev–Trinajstić information content (AvgIpc) is 2.94. The lowest BCUT2D eigenvalue weighted by atomic mass is 10.5. The minimum Gasteiger partial charge on any atom is -0.382 e. The second-order valence-electron chi connectivity index (χ2n) is 3.76. The van der Waals surface area contributed by atoms with E-state index < -0.39 is 0 Å². The minimum atomic E-state index is 0.399. The molecule has 0 fully saturated rings. The summed E-state index contributed by atoms with van der Waals surface area (Å²) in [5, 5.41) is 6.87. The first-order valence-electron chi connectivity index (χ1n) is 5.34. The molecule has 8 heteroatoms. The number of aryl methyl sites for hydroxylation is 1. The van der Waals surface area contributed by atoms with E-state index in [0.29, 0.717) is 35.5 Å². The van der Waals surface area contributed by atoms with Gasteiger partial charge in [0.1, 0.15) is 5.82 Å². The van der Waals surface area contributed by atoms with Crippen molar-refractivity contribution in [2.24, 2.45) is 0 Å². The molecule has 3 aromatic heterocycles. The molecule has 0 aliphatic carbocycles. The number of aromatic nitrogens is 5. The van der Waals surface area contributed by atoms with Crippen LogP contribution in [0.2, 0.25) is 0 Å². The Kier molecular flexibility index (Phi) is 2.33. The highest BCUT2D eigenvalue weighted by Crippen LogP contribution is 2.15. The number of nitrogens with two attached hydrogens (primary N) is 1. The molecule has 3 heterocycles. The van der Waals surface area contributed by atoms with E-state index in [1.807, 2.05) is 0 Å². The first-order valence-corrected chi connectivity index (χ1v) is 5.34. The molecule has 0 aliphatic rings. The average molecular weight is 245 g/mol. The summed E-state index contributed by atoms with van der Waals surface area (Å²) in [6, 6.07) is 0. The fraction of sp³-hybridized carbons (Fsp3) is 0.200. The summed E-state index contributed by atoms with van der Waals surface area (Å²) in [4.78, 5) is 12.5. The molecule has 3 aromatic rings. The zero-order valence-corrected chi connectivity index (χ0v) is 9.66. The minimum absolute atomic E-state index is 0.399. The lowest BCUT2D eigenvalue weighted by Crippen LogP contribution is -2.07. The fourth-order valence-electron chi connectivity index (χ4n) is 1.65. The Hall–Kier alpha value is -2.64. The fourth-order valence-corrected chi connectivity index (χ4v) is 1.65. The molecule has 0 saturated heterocycles. The Balaban J connectivity index is 1.87. The SMILES string of the molecule is Cc1nc(CNc2nc(N)cn3ccnc23)no1. The standard InChI is InChI=1S/C10H11N7O/c1-6-14-8(16-18-6)4-13-9-10-12-2-3-17(10)5-7(11)15-9/h2-3,5H,4,11H2,1H3,(H,13,15). The Morgan fingerprint density at radius 1 is 1.44 bits per heavy atom. The van der Waals surface area contributed by atoms with Gasteiger partial charge in [0.2, 0.25) is 5.89 Å². The molecule has 3 N–H and O–H groups in total. The third kappa shape index (κ3) is 1.83. The maximum absolute atomic E-state index is 5.71. The van der Waals surface area contributed by atoms with Gasteiger partial charge < -0.3 is 20.0 Å². The van der Waals surface area contributed by atoms with E-state index in [2.05, 4.69) is 25.4 Å². The summed E-state index contributed by atoms with van der Waals surface area (Å²) in [6.45, 7) is 2.14. The van der Waals surface area contributed by atoms with Gasteiger partial charge in [-0.1, -0.05) is 5.16 Å². The van der Waals surface area contributed by atoms with Crippen molar-refractivity contribution in [1.82, 2.24) is 24.5 Å². The quantitative estimate of drug-likeness (QED) is 0.696. The Morgan fingerprint density at radius 2 is 2.33 bits per heavy atom. The second-order valence-corrected chi connectivity index (χ2v) is 3.76. The molecule has 0 aromatic carbocycles. The Morgan fingerprint density at radius 3 is 3.11 bits per heavy atom. The van der Waals surface area contributed by atoms with Crippen molar-refractivity contribution in [2.45, 2.75) is 13.5 Å². The van der Waals surface area contributed by atoms with E-state index in [1.54, 1.807) is 29.9 Å². The van der Waals surface area contributed by atoms with Crippen LogP contribution in [0.15, 0.2) is 23.1 Å². The predicted molar refractivity (Wildman–Crippen MR) is 63.8 cm³/mol. The van der Waals surface area contributed by atoms with E-state index in [-0.39, 0.29) is 0 Å². The van der Waals surface area contributed by atoms with Crippen molar-refractivity contribution in [2.75, 3.05) is 11.1 Å². The number of anilines is 2. The predicted octanol–water partition coefficient (Wildman–Crippen LogP) is 0.615. The molecular weight excluding hydrogens is 234 g/mol. The van der Waals surface area contributed by atoms with Gasteiger partial charge in [-0.2, -0.15) is 4.98 Å². The van der Waals surface area contributed by atoms with Gasteiger partial charge in [0, 0.05) is 19.3 Å². The monoisotopic (exact) mass is 245 g/mol. The van der Waals surface area contributed by atoms with Crippen molar-refractivity contribution in [3.63, 3.8) is 0 Å². The van der Waals surface area contributed by atoms with Crippen LogP contribution >= 0.6 is 0 Å². The van der Waals surface area contributed by atoms with Gasteiger partial charge in [0.25, 0.3) is 0 Å². The van der Waals surface area contributed by atoms with E-state index in [9.17, 15) is 0 Å². The summed E-state index contributed by atoms with van der Waals surface area (Å²) in [7, 11) is 0. The highest BCUT2D eigenvalue weighted by atomic mass is 16.5. The van der Waals surface area contributed by atoms with Gasteiger partial charge in [-0.15, -0.1) is 0 Å². The van der Waals surface area contributed by atoms with Gasteiger partial charge in [-0.3, -0.25) is 0 Å². The molecule has 0 unspecified atom stereocenters. The number of hydrogen-bond donors (Lipinski definition) is 2.